The number of nitrogens with zero attached hydrogens (tertiary/aromatic N) is 3. The van der Waals surface area contributed by atoms with Crippen LogP contribution in [0.5, 0.6) is 0 Å². The van der Waals surface area contributed by atoms with Gasteiger partial charge in [0.1, 0.15) is 12.1 Å². The van der Waals surface area contributed by atoms with Crippen LogP contribution in [-0.4, -0.2) is 16.5 Å². The predicted molar refractivity (Wildman–Crippen MR) is 86.8 cm³/mol. The first kappa shape index (κ1) is 14.3. The molecule has 1 aromatic carbocycles. The fraction of sp³-hybridized carbons (Fsp3) is 0.412. The van der Waals surface area contributed by atoms with Crippen LogP contribution in [0.2, 0.25) is 5.02 Å². The zero-order valence-electron chi connectivity index (χ0n) is 12.3. The number of rotatable bonds is 2. The zero-order valence-corrected chi connectivity index (χ0v) is 13.1. The second-order valence-corrected chi connectivity index (χ2v) is 6.00. The third-order valence-electron chi connectivity index (χ3n) is 4.10. The summed E-state index contributed by atoms with van der Waals surface area (Å²) in [6.45, 7) is 3.03. The van der Waals surface area contributed by atoms with E-state index in [1.54, 1.807) is 6.33 Å². The molecule has 0 aliphatic carbocycles. The topological polar surface area (TPSA) is 29.0 Å². The lowest BCUT2D eigenvalue weighted by Gasteiger charge is -2.32. The number of aryl methyl sites for hydroxylation is 1. The molecule has 0 saturated carbocycles. The van der Waals surface area contributed by atoms with Crippen molar-refractivity contribution in [3.8, 4) is 0 Å². The lowest BCUT2D eigenvalue weighted by atomic mass is 10.0. The number of anilines is 1. The van der Waals surface area contributed by atoms with Crippen LogP contribution < -0.4 is 4.90 Å². The van der Waals surface area contributed by atoms with E-state index in [1.165, 1.54) is 24.8 Å². The van der Waals surface area contributed by atoms with Crippen LogP contribution in [0, 0.1) is 6.92 Å². The van der Waals surface area contributed by atoms with Gasteiger partial charge in [0.2, 0.25) is 0 Å². The summed E-state index contributed by atoms with van der Waals surface area (Å²) in [7, 11) is 0. The molecule has 2 aromatic rings. The first-order valence-electron chi connectivity index (χ1n) is 7.55. The molecule has 4 heteroatoms. The molecule has 1 aliphatic rings. The SMILES string of the molecule is Cc1cc(N2CCCCCC2c2ccccc2Cl)ncn1. The summed E-state index contributed by atoms with van der Waals surface area (Å²) in [5.74, 6) is 1.01. The highest BCUT2D eigenvalue weighted by Gasteiger charge is 2.25. The zero-order chi connectivity index (χ0) is 14.7. The lowest BCUT2D eigenvalue weighted by Crippen LogP contribution is -2.29. The van der Waals surface area contributed by atoms with Crippen LogP contribution in [-0.2, 0) is 0 Å². The van der Waals surface area contributed by atoms with E-state index in [1.807, 2.05) is 19.1 Å². The normalized spacial score (nSPS) is 19.3. The van der Waals surface area contributed by atoms with Crippen LogP contribution in [0.4, 0.5) is 5.82 Å². The van der Waals surface area contributed by atoms with Gasteiger partial charge in [-0.25, -0.2) is 9.97 Å². The van der Waals surface area contributed by atoms with E-state index in [2.05, 4.69) is 33.1 Å². The van der Waals surface area contributed by atoms with E-state index < -0.39 is 0 Å². The Morgan fingerprint density at radius 3 is 2.81 bits per heavy atom. The first-order valence-corrected chi connectivity index (χ1v) is 7.93. The van der Waals surface area contributed by atoms with Gasteiger partial charge in [-0.3, -0.25) is 0 Å². The summed E-state index contributed by atoms with van der Waals surface area (Å²) >= 11 is 6.44. The summed E-state index contributed by atoms with van der Waals surface area (Å²) < 4.78 is 0. The maximum Gasteiger partial charge on any atom is 0.132 e. The number of aromatic nitrogens is 2. The molecule has 1 fully saturated rings. The Balaban J connectivity index is 2.00. The van der Waals surface area contributed by atoms with E-state index in [0.717, 1.165) is 29.5 Å². The molecule has 1 saturated heterocycles. The Labute approximate surface area is 131 Å². The molecule has 0 bridgehead atoms. The third-order valence-corrected chi connectivity index (χ3v) is 4.44. The molecule has 0 N–H and O–H groups in total. The Morgan fingerprint density at radius 2 is 2.00 bits per heavy atom. The average Bonchev–Trinajstić information content (AvgIpc) is 2.73. The highest BCUT2D eigenvalue weighted by atomic mass is 35.5. The third kappa shape index (κ3) is 3.18. The van der Waals surface area contributed by atoms with Gasteiger partial charge >= 0.3 is 0 Å². The van der Waals surface area contributed by atoms with Crippen LogP contribution in [0.1, 0.15) is 43.0 Å². The molecule has 21 heavy (non-hydrogen) atoms. The van der Waals surface area contributed by atoms with Crippen molar-refractivity contribution in [3.05, 3.63) is 52.9 Å². The van der Waals surface area contributed by atoms with Crippen molar-refractivity contribution in [3.63, 3.8) is 0 Å². The van der Waals surface area contributed by atoms with Crippen molar-refractivity contribution in [1.82, 2.24) is 9.97 Å². The molecule has 1 aromatic heterocycles. The van der Waals surface area contributed by atoms with Crippen molar-refractivity contribution in [2.75, 3.05) is 11.4 Å². The molecule has 0 spiro atoms. The largest absolute Gasteiger partial charge is 0.349 e. The quantitative estimate of drug-likeness (QED) is 0.814. The van der Waals surface area contributed by atoms with Gasteiger partial charge in [0, 0.05) is 23.3 Å². The number of benzene rings is 1. The minimum absolute atomic E-state index is 0.301. The monoisotopic (exact) mass is 301 g/mol. The lowest BCUT2D eigenvalue weighted by molar-refractivity contribution is 0.596. The highest BCUT2D eigenvalue weighted by Crippen LogP contribution is 2.36. The van der Waals surface area contributed by atoms with E-state index in [0.29, 0.717) is 6.04 Å². The maximum atomic E-state index is 6.44. The van der Waals surface area contributed by atoms with Crippen molar-refractivity contribution in [1.29, 1.82) is 0 Å². The molecule has 1 aliphatic heterocycles. The van der Waals surface area contributed by atoms with Crippen molar-refractivity contribution >= 4 is 17.4 Å². The van der Waals surface area contributed by atoms with Crippen molar-refractivity contribution < 1.29 is 0 Å². The van der Waals surface area contributed by atoms with Gasteiger partial charge in [-0.2, -0.15) is 0 Å². The Morgan fingerprint density at radius 1 is 1.14 bits per heavy atom. The van der Waals surface area contributed by atoms with Crippen molar-refractivity contribution in [2.45, 2.75) is 38.6 Å². The van der Waals surface area contributed by atoms with Gasteiger partial charge in [0.05, 0.1) is 6.04 Å². The summed E-state index contributed by atoms with van der Waals surface area (Å²) in [5, 5.41) is 0.847. The van der Waals surface area contributed by atoms with Gasteiger partial charge in [0.25, 0.3) is 0 Å². The summed E-state index contributed by atoms with van der Waals surface area (Å²) in [6, 6.07) is 10.5. The molecule has 1 atom stereocenters. The Bertz CT molecular complexity index is 614. The van der Waals surface area contributed by atoms with Gasteiger partial charge in [-0.1, -0.05) is 42.6 Å². The van der Waals surface area contributed by atoms with Crippen molar-refractivity contribution in [2.24, 2.45) is 0 Å². The molecule has 0 radical (unpaired) electrons. The van der Waals surface area contributed by atoms with E-state index in [4.69, 9.17) is 11.6 Å². The number of halogens is 1. The molecular weight excluding hydrogens is 282 g/mol. The first-order chi connectivity index (χ1) is 10.3. The van der Waals surface area contributed by atoms with Crippen LogP contribution in [0.3, 0.4) is 0 Å². The molecule has 110 valence electrons. The van der Waals surface area contributed by atoms with Crippen LogP contribution in [0.25, 0.3) is 0 Å². The molecule has 2 heterocycles. The minimum Gasteiger partial charge on any atom is -0.349 e. The number of hydrogen-bond acceptors (Lipinski definition) is 3. The predicted octanol–water partition coefficient (Wildman–Crippen LogP) is 4.56. The van der Waals surface area contributed by atoms with Gasteiger partial charge < -0.3 is 4.90 Å². The maximum absolute atomic E-state index is 6.44. The Kier molecular flexibility index (Phi) is 4.39. The fourth-order valence-corrected chi connectivity index (χ4v) is 3.31. The smallest absolute Gasteiger partial charge is 0.132 e. The van der Waals surface area contributed by atoms with E-state index in [-0.39, 0.29) is 0 Å². The van der Waals surface area contributed by atoms with E-state index in [9.17, 15) is 0 Å². The van der Waals surface area contributed by atoms with Gasteiger partial charge in [0.15, 0.2) is 0 Å². The van der Waals surface area contributed by atoms with E-state index >= 15 is 0 Å². The fourth-order valence-electron chi connectivity index (χ4n) is 3.05. The summed E-state index contributed by atoms with van der Waals surface area (Å²) in [5.41, 5.74) is 2.21. The van der Waals surface area contributed by atoms with Gasteiger partial charge in [-0.15, -0.1) is 0 Å². The summed E-state index contributed by atoms with van der Waals surface area (Å²) in [6.07, 6.45) is 6.47. The van der Waals surface area contributed by atoms with Crippen LogP contribution >= 0.6 is 11.6 Å². The number of hydrogen-bond donors (Lipinski definition) is 0. The molecule has 0 amide bonds. The molecule has 3 nitrogen and oxygen atoms in total. The average molecular weight is 302 g/mol. The Hall–Kier alpha value is -1.61. The summed E-state index contributed by atoms with van der Waals surface area (Å²) in [4.78, 5) is 11.1. The second-order valence-electron chi connectivity index (χ2n) is 5.60. The standard InChI is InChI=1S/C17H20ClN3/c1-13-11-17(20-12-19-13)21-10-6-2-3-9-16(21)14-7-4-5-8-15(14)18/h4-5,7-8,11-12,16H,2-3,6,9-10H2,1H3. The molecule has 1 unspecified atom stereocenters. The highest BCUT2D eigenvalue weighted by molar-refractivity contribution is 6.31. The molecule has 3 rings (SSSR count). The van der Waals surface area contributed by atoms with Crippen LogP contribution in [0.15, 0.2) is 36.7 Å². The van der Waals surface area contributed by atoms with Gasteiger partial charge in [-0.05, 0) is 31.4 Å². The molecular formula is C17H20ClN3. The second kappa shape index (κ2) is 6.44. The minimum atomic E-state index is 0.301.